The Morgan fingerprint density at radius 2 is 2.20 bits per heavy atom. The van der Waals surface area contributed by atoms with Crippen LogP contribution in [0.2, 0.25) is 0 Å². The Hall–Kier alpha value is -1.62. The third-order valence-electron chi connectivity index (χ3n) is 2.27. The van der Waals surface area contributed by atoms with Crippen LogP contribution in [0.15, 0.2) is 18.2 Å². The molecule has 0 atom stereocenters. The van der Waals surface area contributed by atoms with Gasteiger partial charge in [-0.3, -0.25) is 4.72 Å². The summed E-state index contributed by atoms with van der Waals surface area (Å²) < 4.78 is 44.3. The molecule has 0 amide bonds. The Kier molecular flexibility index (Phi) is 6.45. The van der Waals surface area contributed by atoms with Gasteiger partial charge in [0.1, 0.15) is 5.82 Å². The van der Waals surface area contributed by atoms with Crippen molar-refractivity contribution < 1.29 is 17.5 Å². The molecule has 7 heteroatoms. The van der Waals surface area contributed by atoms with Crippen LogP contribution in [0.3, 0.4) is 0 Å². The molecule has 20 heavy (non-hydrogen) atoms. The Morgan fingerprint density at radius 1 is 1.45 bits per heavy atom. The maximum absolute atomic E-state index is 13.4. The van der Waals surface area contributed by atoms with Gasteiger partial charge in [0.15, 0.2) is 0 Å². The van der Waals surface area contributed by atoms with Gasteiger partial charge in [-0.1, -0.05) is 11.8 Å². The quantitative estimate of drug-likeness (QED) is 0.604. The van der Waals surface area contributed by atoms with Crippen molar-refractivity contribution in [1.29, 1.82) is 0 Å². The molecular weight excluding hydrogens is 283 g/mol. The fourth-order valence-electron chi connectivity index (χ4n) is 1.37. The molecule has 0 radical (unpaired) electrons. The maximum Gasteiger partial charge on any atom is 0.235 e. The van der Waals surface area contributed by atoms with Crippen LogP contribution in [-0.2, 0) is 14.8 Å². The summed E-state index contributed by atoms with van der Waals surface area (Å²) in [4.78, 5) is 0. The number of hydrogen-bond donors (Lipinski definition) is 2. The monoisotopic (exact) mass is 300 g/mol. The van der Waals surface area contributed by atoms with E-state index < -0.39 is 15.8 Å². The van der Waals surface area contributed by atoms with Gasteiger partial charge in [-0.25, -0.2) is 12.8 Å². The molecule has 3 N–H and O–H groups in total. The summed E-state index contributed by atoms with van der Waals surface area (Å²) in [6, 6.07) is 3.82. The van der Waals surface area contributed by atoms with Crippen LogP contribution in [0.1, 0.15) is 12.5 Å². The number of hydrogen-bond acceptors (Lipinski definition) is 4. The van der Waals surface area contributed by atoms with Gasteiger partial charge in [0.05, 0.1) is 24.5 Å². The lowest BCUT2D eigenvalue weighted by Crippen LogP contribution is -2.20. The standard InChI is InChI=1S/C13H17FN2O3S/c1-2-19-8-9-20(17,18)16-12-5-6-13(14)11(10-12)4-3-7-15/h5-6,10,16H,2,7-9,15H2,1H3. The molecule has 0 saturated carbocycles. The first-order chi connectivity index (χ1) is 9.48. The van der Waals surface area contributed by atoms with Crippen molar-refractivity contribution in [2.75, 3.05) is 30.2 Å². The van der Waals surface area contributed by atoms with E-state index in [4.69, 9.17) is 10.5 Å². The fourth-order valence-corrected chi connectivity index (χ4v) is 2.30. The van der Waals surface area contributed by atoms with E-state index in [2.05, 4.69) is 16.6 Å². The summed E-state index contributed by atoms with van der Waals surface area (Å²) in [5, 5.41) is 0. The minimum absolute atomic E-state index is 0.0976. The Morgan fingerprint density at radius 3 is 2.85 bits per heavy atom. The molecule has 0 bridgehead atoms. The number of nitrogens with one attached hydrogen (secondary N) is 1. The lowest BCUT2D eigenvalue weighted by molar-refractivity contribution is 0.163. The highest BCUT2D eigenvalue weighted by molar-refractivity contribution is 7.92. The number of rotatable bonds is 6. The highest BCUT2D eigenvalue weighted by Gasteiger charge is 2.11. The van der Waals surface area contributed by atoms with Crippen LogP contribution in [-0.4, -0.2) is 33.9 Å². The van der Waals surface area contributed by atoms with E-state index in [0.717, 1.165) is 6.07 Å². The molecule has 1 rings (SSSR count). The molecule has 0 fully saturated rings. The van der Waals surface area contributed by atoms with Crippen LogP contribution < -0.4 is 10.5 Å². The molecule has 0 spiro atoms. The summed E-state index contributed by atoms with van der Waals surface area (Å²) >= 11 is 0. The third kappa shape index (κ3) is 5.57. The van der Waals surface area contributed by atoms with Crippen LogP contribution in [0.25, 0.3) is 0 Å². The predicted molar refractivity (Wildman–Crippen MR) is 76.2 cm³/mol. The largest absolute Gasteiger partial charge is 0.381 e. The summed E-state index contributed by atoms with van der Waals surface area (Å²) in [6.07, 6.45) is 0. The Labute approximate surface area is 118 Å². The predicted octanol–water partition coefficient (Wildman–Crippen LogP) is 0.914. The molecule has 0 aliphatic rings. The normalized spacial score (nSPS) is 10.8. The minimum atomic E-state index is -3.53. The lowest BCUT2D eigenvalue weighted by Gasteiger charge is -2.08. The van der Waals surface area contributed by atoms with E-state index in [-0.39, 0.29) is 30.2 Å². The van der Waals surface area contributed by atoms with Gasteiger partial charge >= 0.3 is 0 Å². The fraction of sp³-hybridized carbons (Fsp3) is 0.385. The van der Waals surface area contributed by atoms with E-state index in [1.54, 1.807) is 6.92 Å². The van der Waals surface area contributed by atoms with Gasteiger partial charge in [0.2, 0.25) is 10.0 Å². The van der Waals surface area contributed by atoms with Crippen LogP contribution >= 0.6 is 0 Å². The maximum atomic E-state index is 13.4. The number of nitrogens with two attached hydrogens (primary N) is 1. The summed E-state index contributed by atoms with van der Waals surface area (Å²) in [6.45, 7) is 2.43. The summed E-state index contributed by atoms with van der Waals surface area (Å²) in [5.74, 6) is 4.37. The second-order valence-electron chi connectivity index (χ2n) is 3.82. The van der Waals surface area contributed by atoms with Crippen LogP contribution in [0.4, 0.5) is 10.1 Å². The number of sulfonamides is 1. The van der Waals surface area contributed by atoms with Crippen molar-refractivity contribution in [3.63, 3.8) is 0 Å². The van der Waals surface area contributed by atoms with E-state index in [0.29, 0.717) is 6.61 Å². The van der Waals surface area contributed by atoms with Gasteiger partial charge < -0.3 is 10.5 Å². The summed E-state index contributed by atoms with van der Waals surface area (Å²) in [5.41, 5.74) is 5.56. The smallest absolute Gasteiger partial charge is 0.235 e. The first-order valence-corrected chi connectivity index (χ1v) is 7.70. The lowest BCUT2D eigenvalue weighted by atomic mass is 10.2. The molecule has 0 aliphatic carbocycles. The van der Waals surface area contributed by atoms with Gasteiger partial charge in [-0.05, 0) is 25.1 Å². The zero-order valence-corrected chi connectivity index (χ0v) is 12.0. The molecule has 1 aromatic carbocycles. The molecule has 0 saturated heterocycles. The van der Waals surface area contributed by atoms with Crippen molar-refractivity contribution >= 4 is 15.7 Å². The Bertz CT molecular complexity index is 606. The second-order valence-corrected chi connectivity index (χ2v) is 5.66. The molecule has 0 unspecified atom stereocenters. The number of benzene rings is 1. The SMILES string of the molecule is CCOCCS(=O)(=O)Nc1ccc(F)c(C#CCN)c1. The zero-order valence-electron chi connectivity index (χ0n) is 11.1. The number of ether oxygens (including phenoxy) is 1. The van der Waals surface area contributed by atoms with Gasteiger partial charge in [-0.2, -0.15) is 0 Å². The van der Waals surface area contributed by atoms with E-state index in [9.17, 15) is 12.8 Å². The van der Waals surface area contributed by atoms with Crippen LogP contribution in [0, 0.1) is 17.7 Å². The minimum Gasteiger partial charge on any atom is -0.381 e. The molecular formula is C13H17FN2O3S. The first-order valence-electron chi connectivity index (χ1n) is 6.05. The second kappa shape index (κ2) is 7.85. The highest BCUT2D eigenvalue weighted by Crippen LogP contribution is 2.15. The Balaban J connectivity index is 2.82. The van der Waals surface area contributed by atoms with Gasteiger partial charge in [-0.15, -0.1) is 0 Å². The van der Waals surface area contributed by atoms with Crippen molar-refractivity contribution in [2.45, 2.75) is 6.92 Å². The van der Waals surface area contributed by atoms with E-state index in [1.807, 2.05) is 0 Å². The average Bonchev–Trinajstić information content (AvgIpc) is 2.39. The van der Waals surface area contributed by atoms with Gasteiger partial charge in [0, 0.05) is 12.3 Å². The molecule has 0 aromatic heterocycles. The zero-order chi connectivity index (χ0) is 15.0. The van der Waals surface area contributed by atoms with Crippen LogP contribution in [0.5, 0.6) is 0 Å². The summed E-state index contributed by atoms with van der Waals surface area (Å²) in [7, 11) is -3.53. The molecule has 1 aromatic rings. The van der Waals surface area contributed by atoms with Gasteiger partial charge in [0.25, 0.3) is 0 Å². The topological polar surface area (TPSA) is 81.4 Å². The number of halogens is 1. The van der Waals surface area contributed by atoms with Crippen molar-refractivity contribution in [1.82, 2.24) is 0 Å². The molecule has 0 heterocycles. The van der Waals surface area contributed by atoms with Crippen molar-refractivity contribution in [3.8, 4) is 11.8 Å². The molecule has 0 aliphatic heterocycles. The molecule has 110 valence electrons. The average molecular weight is 300 g/mol. The number of anilines is 1. The highest BCUT2D eigenvalue weighted by atomic mass is 32.2. The third-order valence-corrected chi connectivity index (χ3v) is 3.52. The first kappa shape index (κ1) is 16.4. The van der Waals surface area contributed by atoms with Crippen molar-refractivity contribution in [3.05, 3.63) is 29.6 Å². The van der Waals surface area contributed by atoms with E-state index in [1.165, 1.54) is 12.1 Å². The van der Waals surface area contributed by atoms with E-state index >= 15 is 0 Å². The molecule has 5 nitrogen and oxygen atoms in total. The van der Waals surface area contributed by atoms with Crippen molar-refractivity contribution in [2.24, 2.45) is 5.73 Å².